The van der Waals surface area contributed by atoms with E-state index < -0.39 is 14.9 Å². The molecule has 0 aliphatic heterocycles. The number of nitrogens with zero attached hydrogens (tertiary/aromatic N) is 1. The highest BCUT2D eigenvalue weighted by molar-refractivity contribution is 7.89. The highest BCUT2D eigenvalue weighted by atomic mass is 32.2. The van der Waals surface area contributed by atoms with Crippen molar-refractivity contribution in [3.05, 3.63) is 58.6 Å². The molecule has 0 spiro atoms. The van der Waals surface area contributed by atoms with Crippen molar-refractivity contribution in [1.29, 1.82) is 0 Å². The molecule has 8 heteroatoms. The first kappa shape index (κ1) is 15.4. The van der Waals surface area contributed by atoms with E-state index in [1.54, 1.807) is 30.3 Å². The summed E-state index contributed by atoms with van der Waals surface area (Å²) in [5.74, 6) is 0. The van der Waals surface area contributed by atoms with Gasteiger partial charge in [-0.1, -0.05) is 12.1 Å². The molecule has 3 rings (SSSR count). The summed E-state index contributed by atoms with van der Waals surface area (Å²) in [5.41, 5.74) is 0.883. The number of sulfonamides is 1. The van der Waals surface area contributed by atoms with Crippen LogP contribution in [-0.2, 0) is 10.0 Å². The van der Waals surface area contributed by atoms with Gasteiger partial charge in [0.1, 0.15) is 5.69 Å². The Balaban J connectivity index is 1.79. The molecule has 0 bridgehead atoms. The van der Waals surface area contributed by atoms with E-state index in [-0.39, 0.29) is 16.6 Å². The maximum atomic E-state index is 12.1. The van der Waals surface area contributed by atoms with Crippen LogP contribution in [0.1, 0.15) is 12.8 Å². The average Bonchev–Trinajstić information content (AvgIpc) is 3.31. The number of nitrogens with one attached hydrogen (secondary N) is 2. The maximum Gasteiger partial charge on any atom is 0.292 e. The van der Waals surface area contributed by atoms with E-state index in [4.69, 9.17) is 0 Å². The molecule has 1 aliphatic carbocycles. The van der Waals surface area contributed by atoms with Crippen molar-refractivity contribution in [1.82, 2.24) is 4.72 Å². The van der Waals surface area contributed by atoms with E-state index in [9.17, 15) is 18.5 Å². The number of nitro benzene ring substituents is 1. The standard InChI is InChI=1S/C15H15N3O4S/c19-18(20)15-4-2-1-3-14(15)16-11-7-9-13(10-8-11)23(21,22)17-12-5-6-12/h1-4,7-10,12,16-17H,5-6H2. The zero-order chi connectivity index (χ0) is 16.4. The Hall–Kier alpha value is -2.45. The van der Waals surface area contributed by atoms with Crippen molar-refractivity contribution in [2.45, 2.75) is 23.8 Å². The summed E-state index contributed by atoms with van der Waals surface area (Å²) in [6, 6.07) is 12.4. The van der Waals surface area contributed by atoms with Gasteiger partial charge in [-0.2, -0.15) is 0 Å². The van der Waals surface area contributed by atoms with Crippen molar-refractivity contribution in [3.63, 3.8) is 0 Å². The summed E-state index contributed by atoms with van der Waals surface area (Å²) in [7, 11) is -3.49. The predicted octanol–water partition coefficient (Wildman–Crippen LogP) is 2.78. The van der Waals surface area contributed by atoms with Gasteiger partial charge in [-0.15, -0.1) is 0 Å². The van der Waals surface area contributed by atoms with E-state index in [2.05, 4.69) is 10.0 Å². The summed E-state index contributed by atoms with van der Waals surface area (Å²) in [6.07, 6.45) is 1.74. The summed E-state index contributed by atoms with van der Waals surface area (Å²) < 4.78 is 26.8. The third-order valence-electron chi connectivity index (χ3n) is 3.44. The minimum absolute atomic E-state index is 0.0420. The van der Waals surface area contributed by atoms with Crippen molar-refractivity contribution < 1.29 is 13.3 Å². The molecule has 7 nitrogen and oxygen atoms in total. The van der Waals surface area contributed by atoms with Crippen molar-refractivity contribution in [2.75, 3.05) is 5.32 Å². The van der Waals surface area contributed by atoms with Gasteiger partial charge in [-0.3, -0.25) is 10.1 Å². The van der Waals surface area contributed by atoms with Crippen LogP contribution in [0.4, 0.5) is 17.1 Å². The van der Waals surface area contributed by atoms with Gasteiger partial charge < -0.3 is 5.32 Å². The topological polar surface area (TPSA) is 101 Å². The smallest absolute Gasteiger partial charge is 0.292 e. The summed E-state index contributed by atoms with van der Waals surface area (Å²) >= 11 is 0. The van der Waals surface area contributed by atoms with Crippen molar-refractivity contribution >= 4 is 27.1 Å². The normalized spacial score (nSPS) is 14.4. The summed E-state index contributed by atoms with van der Waals surface area (Å²) in [4.78, 5) is 10.7. The van der Waals surface area contributed by atoms with E-state index in [0.717, 1.165) is 12.8 Å². The number of hydrogen-bond acceptors (Lipinski definition) is 5. The lowest BCUT2D eigenvalue weighted by Crippen LogP contribution is -2.25. The van der Waals surface area contributed by atoms with Gasteiger partial charge in [0.25, 0.3) is 5.69 Å². The van der Waals surface area contributed by atoms with E-state index in [1.807, 2.05) is 0 Å². The van der Waals surface area contributed by atoms with Crippen molar-refractivity contribution in [2.24, 2.45) is 0 Å². The lowest BCUT2D eigenvalue weighted by Gasteiger charge is -2.09. The molecule has 2 N–H and O–H groups in total. The van der Waals surface area contributed by atoms with Gasteiger partial charge >= 0.3 is 0 Å². The Labute approximate surface area is 133 Å². The Bertz CT molecular complexity index is 830. The van der Waals surface area contributed by atoms with Crippen LogP contribution < -0.4 is 10.0 Å². The largest absolute Gasteiger partial charge is 0.350 e. The van der Waals surface area contributed by atoms with Crippen molar-refractivity contribution in [3.8, 4) is 0 Å². The predicted molar refractivity (Wildman–Crippen MR) is 86.2 cm³/mol. The van der Waals surface area contributed by atoms with E-state index >= 15 is 0 Å². The lowest BCUT2D eigenvalue weighted by molar-refractivity contribution is -0.383. The first-order valence-corrected chi connectivity index (χ1v) is 8.57. The minimum Gasteiger partial charge on any atom is -0.350 e. The third kappa shape index (κ3) is 3.66. The van der Waals surface area contributed by atoms with E-state index in [0.29, 0.717) is 11.4 Å². The molecule has 1 saturated carbocycles. The molecular formula is C15H15N3O4S. The number of benzene rings is 2. The fourth-order valence-electron chi connectivity index (χ4n) is 2.10. The van der Waals surface area contributed by atoms with Crippen LogP contribution in [0.3, 0.4) is 0 Å². The molecule has 0 saturated heterocycles. The fourth-order valence-corrected chi connectivity index (χ4v) is 3.41. The summed E-state index contributed by atoms with van der Waals surface area (Å²) in [6.45, 7) is 0. The zero-order valence-corrected chi connectivity index (χ0v) is 12.9. The second-order valence-corrected chi connectivity index (χ2v) is 7.03. The average molecular weight is 333 g/mol. The zero-order valence-electron chi connectivity index (χ0n) is 12.1. The van der Waals surface area contributed by atoms with Crippen LogP contribution in [0.2, 0.25) is 0 Å². The monoisotopic (exact) mass is 333 g/mol. The highest BCUT2D eigenvalue weighted by Gasteiger charge is 2.27. The number of nitro groups is 1. The molecule has 0 atom stereocenters. The molecule has 0 unspecified atom stereocenters. The fraction of sp³-hybridized carbons (Fsp3) is 0.200. The highest BCUT2D eigenvalue weighted by Crippen LogP contribution is 2.28. The van der Waals surface area contributed by atoms with Gasteiger partial charge in [-0.25, -0.2) is 13.1 Å². The maximum absolute atomic E-state index is 12.1. The first-order valence-electron chi connectivity index (χ1n) is 7.08. The van der Waals surface area contributed by atoms with Gasteiger partial charge in [0, 0.05) is 17.8 Å². The molecule has 23 heavy (non-hydrogen) atoms. The molecular weight excluding hydrogens is 318 g/mol. The first-order chi connectivity index (χ1) is 11.0. The van der Waals surface area contributed by atoms with Crippen LogP contribution in [0.15, 0.2) is 53.4 Å². The number of hydrogen-bond donors (Lipinski definition) is 2. The van der Waals surface area contributed by atoms with Crippen LogP contribution in [0, 0.1) is 10.1 Å². The number of para-hydroxylation sites is 2. The number of rotatable bonds is 6. The van der Waals surface area contributed by atoms with Gasteiger partial charge in [0.15, 0.2) is 0 Å². The van der Waals surface area contributed by atoms with Gasteiger partial charge in [0.05, 0.1) is 9.82 Å². The molecule has 0 radical (unpaired) electrons. The molecule has 0 heterocycles. The van der Waals surface area contributed by atoms with Gasteiger partial charge in [-0.05, 0) is 43.2 Å². The van der Waals surface area contributed by atoms with E-state index in [1.165, 1.54) is 18.2 Å². The van der Waals surface area contributed by atoms with Gasteiger partial charge in [0.2, 0.25) is 10.0 Å². The summed E-state index contributed by atoms with van der Waals surface area (Å²) in [5, 5.41) is 13.9. The second-order valence-electron chi connectivity index (χ2n) is 5.32. The van der Waals surface area contributed by atoms with Crippen LogP contribution in [-0.4, -0.2) is 19.4 Å². The third-order valence-corrected chi connectivity index (χ3v) is 4.98. The number of anilines is 2. The lowest BCUT2D eigenvalue weighted by atomic mass is 10.2. The van der Waals surface area contributed by atoms with Crippen LogP contribution >= 0.6 is 0 Å². The minimum atomic E-state index is -3.49. The molecule has 2 aromatic carbocycles. The Morgan fingerprint density at radius 3 is 2.30 bits per heavy atom. The van der Waals surface area contributed by atoms with Crippen LogP contribution in [0.5, 0.6) is 0 Å². The molecule has 2 aromatic rings. The SMILES string of the molecule is O=[N+]([O-])c1ccccc1Nc1ccc(S(=O)(=O)NC2CC2)cc1. The molecule has 1 fully saturated rings. The Kier molecular flexibility index (Phi) is 4.01. The molecule has 1 aliphatic rings. The quantitative estimate of drug-likeness (QED) is 0.625. The molecule has 0 aromatic heterocycles. The Morgan fingerprint density at radius 1 is 1.04 bits per heavy atom. The second kappa shape index (κ2) is 5.98. The molecule has 120 valence electrons. The van der Waals surface area contributed by atoms with Crippen LogP contribution in [0.25, 0.3) is 0 Å². The molecule has 0 amide bonds. The Morgan fingerprint density at radius 2 is 1.70 bits per heavy atom.